The van der Waals surface area contributed by atoms with Crippen LogP contribution in [0.15, 0.2) is 48.5 Å². The maximum Gasteiger partial charge on any atom is 0.223 e. The largest absolute Gasteiger partial charge is 0.384 e. The van der Waals surface area contributed by atoms with Crippen molar-refractivity contribution < 1.29 is 18.7 Å². The highest BCUT2D eigenvalue weighted by molar-refractivity contribution is 5.83. The van der Waals surface area contributed by atoms with Gasteiger partial charge in [-0.05, 0) is 48.6 Å². The molecule has 1 amide bonds. The van der Waals surface area contributed by atoms with E-state index in [9.17, 15) is 18.7 Å². The average molecular weight is 331 g/mol. The highest BCUT2D eigenvalue weighted by atomic mass is 19.1. The molecular formula is C19H19F2NO2. The number of nitrogens with one attached hydrogen (secondary N) is 1. The third-order valence-electron chi connectivity index (χ3n) is 4.50. The lowest BCUT2D eigenvalue weighted by atomic mass is 9.96. The van der Waals surface area contributed by atoms with Crippen molar-refractivity contribution in [3.63, 3.8) is 0 Å². The van der Waals surface area contributed by atoms with E-state index in [1.807, 2.05) is 0 Å². The van der Waals surface area contributed by atoms with Crippen molar-refractivity contribution in [3.05, 3.63) is 71.3 Å². The van der Waals surface area contributed by atoms with Gasteiger partial charge in [-0.1, -0.05) is 30.3 Å². The Balaban J connectivity index is 1.58. The van der Waals surface area contributed by atoms with Crippen LogP contribution in [0.5, 0.6) is 0 Å². The van der Waals surface area contributed by atoms with Gasteiger partial charge in [0, 0.05) is 5.92 Å². The highest BCUT2D eigenvalue weighted by Gasteiger charge is 2.45. The molecule has 2 aromatic carbocycles. The first-order chi connectivity index (χ1) is 11.4. The van der Waals surface area contributed by atoms with E-state index in [1.165, 1.54) is 30.3 Å². The smallest absolute Gasteiger partial charge is 0.223 e. The maximum atomic E-state index is 13.7. The number of halogens is 2. The van der Waals surface area contributed by atoms with Crippen LogP contribution < -0.4 is 5.32 Å². The second kappa shape index (κ2) is 6.32. The first kappa shape index (κ1) is 16.6. The Bertz CT molecular complexity index is 743. The van der Waals surface area contributed by atoms with Crippen molar-refractivity contribution in [2.24, 2.45) is 5.92 Å². The van der Waals surface area contributed by atoms with Crippen molar-refractivity contribution in [1.29, 1.82) is 0 Å². The Hall–Kier alpha value is -2.27. The first-order valence-electron chi connectivity index (χ1n) is 7.89. The quantitative estimate of drug-likeness (QED) is 0.884. The molecule has 1 fully saturated rings. The second-order valence-corrected chi connectivity index (χ2v) is 6.47. The van der Waals surface area contributed by atoms with E-state index in [4.69, 9.17) is 0 Å². The van der Waals surface area contributed by atoms with Crippen molar-refractivity contribution in [3.8, 4) is 0 Å². The fraction of sp³-hybridized carbons (Fsp3) is 0.316. The maximum absolute atomic E-state index is 13.7. The summed E-state index contributed by atoms with van der Waals surface area (Å²) < 4.78 is 26.7. The fourth-order valence-corrected chi connectivity index (χ4v) is 2.91. The van der Waals surface area contributed by atoms with Gasteiger partial charge in [0.2, 0.25) is 5.91 Å². The van der Waals surface area contributed by atoms with Gasteiger partial charge in [0.1, 0.15) is 17.2 Å². The number of hydrogen-bond acceptors (Lipinski definition) is 2. The van der Waals surface area contributed by atoms with Gasteiger partial charge < -0.3 is 10.4 Å². The summed E-state index contributed by atoms with van der Waals surface area (Å²) >= 11 is 0. The summed E-state index contributed by atoms with van der Waals surface area (Å²) in [4.78, 5) is 12.2. The van der Waals surface area contributed by atoms with E-state index in [0.717, 1.165) is 0 Å². The SMILES string of the molecule is CC(O)(CNC(=O)C1CC1c1ccccc1F)c1ccc(F)cc1. The predicted molar refractivity (Wildman–Crippen MR) is 86.2 cm³/mol. The van der Waals surface area contributed by atoms with E-state index in [1.54, 1.807) is 25.1 Å². The summed E-state index contributed by atoms with van der Waals surface area (Å²) in [6.07, 6.45) is 0.603. The van der Waals surface area contributed by atoms with Gasteiger partial charge in [-0.2, -0.15) is 0 Å². The molecule has 3 atom stereocenters. The van der Waals surface area contributed by atoms with Crippen molar-refractivity contribution in [2.45, 2.75) is 24.9 Å². The molecule has 0 bridgehead atoms. The number of benzene rings is 2. The molecular weight excluding hydrogens is 312 g/mol. The second-order valence-electron chi connectivity index (χ2n) is 6.47. The van der Waals surface area contributed by atoms with Gasteiger partial charge in [-0.25, -0.2) is 8.78 Å². The molecule has 2 N–H and O–H groups in total. The molecule has 0 aromatic heterocycles. The van der Waals surface area contributed by atoms with Crippen molar-refractivity contribution in [1.82, 2.24) is 5.32 Å². The van der Waals surface area contributed by atoms with E-state index in [0.29, 0.717) is 17.5 Å². The van der Waals surface area contributed by atoms with Crippen LogP contribution in [0.3, 0.4) is 0 Å². The molecule has 2 aromatic rings. The van der Waals surface area contributed by atoms with Crippen LogP contribution in [0, 0.1) is 17.6 Å². The lowest BCUT2D eigenvalue weighted by Crippen LogP contribution is -2.39. The Morgan fingerprint density at radius 3 is 2.54 bits per heavy atom. The molecule has 0 radical (unpaired) electrons. The van der Waals surface area contributed by atoms with Crippen molar-refractivity contribution >= 4 is 5.91 Å². The zero-order chi connectivity index (χ0) is 17.3. The normalized spacial score (nSPS) is 21.8. The zero-order valence-corrected chi connectivity index (χ0v) is 13.3. The fourth-order valence-electron chi connectivity index (χ4n) is 2.91. The minimum Gasteiger partial charge on any atom is -0.384 e. The summed E-state index contributed by atoms with van der Waals surface area (Å²) in [7, 11) is 0. The van der Waals surface area contributed by atoms with Crippen LogP contribution in [-0.2, 0) is 10.4 Å². The summed E-state index contributed by atoms with van der Waals surface area (Å²) in [5, 5.41) is 13.2. The van der Waals surface area contributed by atoms with Crippen molar-refractivity contribution in [2.75, 3.05) is 6.54 Å². The van der Waals surface area contributed by atoms with E-state index in [2.05, 4.69) is 5.32 Å². The van der Waals surface area contributed by atoms with Crippen LogP contribution in [0.2, 0.25) is 0 Å². The molecule has 0 heterocycles. The molecule has 24 heavy (non-hydrogen) atoms. The predicted octanol–water partition coefficient (Wildman–Crippen LogP) is 3.09. The highest BCUT2D eigenvalue weighted by Crippen LogP contribution is 2.48. The molecule has 3 rings (SSSR count). The number of carbonyl (C=O) groups is 1. The summed E-state index contributed by atoms with van der Waals surface area (Å²) in [6.45, 7) is 1.57. The van der Waals surface area contributed by atoms with E-state index >= 15 is 0 Å². The molecule has 3 unspecified atom stereocenters. The molecule has 5 heteroatoms. The number of hydrogen-bond donors (Lipinski definition) is 2. The van der Waals surface area contributed by atoms with Gasteiger partial charge >= 0.3 is 0 Å². The number of rotatable bonds is 5. The van der Waals surface area contributed by atoms with Crippen LogP contribution in [0.4, 0.5) is 8.78 Å². The minimum absolute atomic E-state index is 0.0119. The zero-order valence-electron chi connectivity index (χ0n) is 13.3. The molecule has 126 valence electrons. The van der Waals surface area contributed by atoms with Gasteiger partial charge in [0.05, 0.1) is 6.54 Å². The molecule has 0 aliphatic heterocycles. The van der Waals surface area contributed by atoms with Crippen LogP contribution in [-0.4, -0.2) is 17.6 Å². The Morgan fingerprint density at radius 2 is 1.88 bits per heavy atom. The van der Waals surface area contributed by atoms with E-state index in [-0.39, 0.29) is 35.9 Å². The lowest BCUT2D eigenvalue weighted by Gasteiger charge is -2.24. The Kier molecular flexibility index (Phi) is 4.37. The van der Waals surface area contributed by atoms with Crippen LogP contribution in [0.25, 0.3) is 0 Å². The molecule has 3 nitrogen and oxygen atoms in total. The average Bonchev–Trinajstić information content (AvgIpc) is 3.34. The van der Waals surface area contributed by atoms with Crippen LogP contribution in [0.1, 0.15) is 30.4 Å². The molecule has 1 saturated carbocycles. The van der Waals surface area contributed by atoms with Gasteiger partial charge in [0.15, 0.2) is 0 Å². The summed E-state index contributed by atoms with van der Waals surface area (Å²) in [6, 6.07) is 12.0. The van der Waals surface area contributed by atoms with Gasteiger partial charge in [0.25, 0.3) is 0 Å². The molecule has 1 aliphatic carbocycles. The number of amides is 1. The Morgan fingerprint density at radius 1 is 1.21 bits per heavy atom. The van der Waals surface area contributed by atoms with Gasteiger partial charge in [-0.3, -0.25) is 4.79 Å². The number of aliphatic hydroxyl groups is 1. The summed E-state index contributed by atoms with van der Waals surface area (Å²) in [5.41, 5.74) is -0.222. The first-order valence-corrected chi connectivity index (χ1v) is 7.89. The monoisotopic (exact) mass is 331 g/mol. The topological polar surface area (TPSA) is 49.3 Å². The minimum atomic E-state index is -1.30. The van der Waals surface area contributed by atoms with Gasteiger partial charge in [-0.15, -0.1) is 0 Å². The molecule has 0 spiro atoms. The third-order valence-corrected chi connectivity index (χ3v) is 4.50. The third kappa shape index (κ3) is 3.46. The van der Waals surface area contributed by atoms with Crippen LogP contribution >= 0.6 is 0 Å². The molecule has 1 aliphatic rings. The molecule has 0 saturated heterocycles. The Labute approximate surface area is 139 Å². The standard InChI is InChI=1S/C19H19F2NO2/c1-19(24,12-6-8-13(20)9-7-12)11-22-18(23)16-10-15(16)14-4-2-3-5-17(14)21/h2-9,15-16,24H,10-11H2,1H3,(H,22,23). The summed E-state index contributed by atoms with van der Waals surface area (Å²) in [5.74, 6) is -1.26. The lowest BCUT2D eigenvalue weighted by molar-refractivity contribution is -0.123. The van der Waals surface area contributed by atoms with E-state index < -0.39 is 5.60 Å². The number of carbonyl (C=O) groups excluding carboxylic acids is 1.